The van der Waals surface area contributed by atoms with Crippen molar-refractivity contribution in [2.75, 3.05) is 32.9 Å². The monoisotopic (exact) mass is 298 g/mol. The summed E-state index contributed by atoms with van der Waals surface area (Å²) in [6.45, 7) is 2.21. The van der Waals surface area contributed by atoms with Gasteiger partial charge in [-0.3, -0.25) is 9.69 Å². The van der Waals surface area contributed by atoms with E-state index in [2.05, 4.69) is 0 Å². The Morgan fingerprint density at radius 3 is 2.62 bits per heavy atom. The van der Waals surface area contributed by atoms with Crippen LogP contribution in [0.3, 0.4) is 0 Å². The highest BCUT2D eigenvalue weighted by Gasteiger charge is 2.23. The van der Waals surface area contributed by atoms with Crippen LogP contribution in [-0.2, 0) is 16.1 Å². The summed E-state index contributed by atoms with van der Waals surface area (Å²) in [4.78, 5) is 24.8. The number of rotatable bonds is 5. The van der Waals surface area contributed by atoms with Gasteiger partial charge >= 0.3 is 5.97 Å². The maximum Gasteiger partial charge on any atom is 0.329 e. The summed E-state index contributed by atoms with van der Waals surface area (Å²) < 4.78 is 6.46. The predicted octanol–water partition coefficient (Wildman–Crippen LogP) is -0.996. The van der Waals surface area contributed by atoms with Gasteiger partial charge in [-0.05, 0) is 0 Å². The maximum atomic E-state index is 11.6. The van der Waals surface area contributed by atoms with Gasteiger partial charge in [0, 0.05) is 31.4 Å². The Morgan fingerprint density at radius 2 is 2.05 bits per heavy atom. The molecule has 1 aliphatic heterocycles. The molecule has 8 heteroatoms. The molecule has 0 spiro atoms. The molecule has 0 radical (unpaired) electrons. The van der Waals surface area contributed by atoms with Crippen LogP contribution < -0.4 is 5.43 Å². The third kappa shape index (κ3) is 3.60. The SMILES string of the molecule is O=C(O)C(CO)n1cc(O)c(=O)cc1CN1CCOCC1. The molecule has 1 aromatic heterocycles. The van der Waals surface area contributed by atoms with Crippen molar-refractivity contribution < 1.29 is 24.9 Å². The van der Waals surface area contributed by atoms with Crippen LogP contribution in [0.2, 0.25) is 0 Å². The normalized spacial score (nSPS) is 17.6. The van der Waals surface area contributed by atoms with E-state index in [-0.39, 0.29) is 0 Å². The molecule has 0 aliphatic carbocycles. The molecular weight excluding hydrogens is 280 g/mol. The van der Waals surface area contributed by atoms with E-state index in [1.165, 1.54) is 10.6 Å². The molecule has 0 aromatic carbocycles. The van der Waals surface area contributed by atoms with Crippen LogP contribution in [0.15, 0.2) is 17.1 Å². The van der Waals surface area contributed by atoms with Crippen LogP contribution in [0, 0.1) is 0 Å². The number of ether oxygens (including phenoxy) is 1. The van der Waals surface area contributed by atoms with Crippen LogP contribution in [0.5, 0.6) is 5.75 Å². The van der Waals surface area contributed by atoms with Crippen molar-refractivity contribution in [3.05, 3.63) is 28.2 Å². The zero-order valence-corrected chi connectivity index (χ0v) is 11.4. The fourth-order valence-corrected chi connectivity index (χ4v) is 2.27. The van der Waals surface area contributed by atoms with Crippen LogP contribution in [0.4, 0.5) is 0 Å². The van der Waals surface area contributed by atoms with Gasteiger partial charge in [-0.25, -0.2) is 4.79 Å². The lowest BCUT2D eigenvalue weighted by molar-refractivity contribution is -0.142. The number of carboxylic acid groups (broad SMARTS) is 1. The standard InChI is InChI=1S/C13H18N2O6/c16-8-10(13(19)20)15-7-12(18)11(17)5-9(15)6-14-1-3-21-4-2-14/h5,7,10,16,18H,1-4,6,8H2,(H,19,20). The first kappa shape index (κ1) is 15.5. The fraction of sp³-hybridized carbons (Fsp3) is 0.538. The van der Waals surface area contributed by atoms with Gasteiger partial charge in [0.05, 0.1) is 26.0 Å². The number of carboxylic acids is 1. The number of aromatic hydroxyl groups is 1. The van der Waals surface area contributed by atoms with Crippen molar-refractivity contribution in [2.45, 2.75) is 12.6 Å². The number of aliphatic hydroxyl groups excluding tert-OH is 1. The number of aromatic nitrogens is 1. The van der Waals surface area contributed by atoms with Crippen molar-refractivity contribution in [2.24, 2.45) is 0 Å². The first-order valence-corrected chi connectivity index (χ1v) is 6.60. The third-order valence-electron chi connectivity index (χ3n) is 3.43. The van der Waals surface area contributed by atoms with E-state index in [0.29, 0.717) is 38.5 Å². The van der Waals surface area contributed by atoms with E-state index >= 15 is 0 Å². The largest absolute Gasteiger partial charge is 0.503 e. The number of aliphatic hydroxyl groups is 1. The zero-order valence-electron chi connectivity index (χ0n) is 11.4. The highest BCUT2D eigenvalue weighted by molar-refractivity contribution is 5.72. The molecular formula is C13H18N2O6. The highest BCUT2D eigenvalue weighted by atomic mass is 16.5. The molecule has 116 valence electrons. The van der Waals surface area contributed by atoms with Gasteiger partial charge < -0.3 is 24.6 Å². The summed E-state index contributed by atoms with van der Waals surface area (Å²) in [5.41, 5.74) is -0.141. The number of carbonyl (C=O) groups is 1. The zero-order chi connectivity index (χ0) is 15.4. The number of nitrogens with zero attached hydrogens (tertiary/aromatic N) is 2. The van der Waals surface area contributed by atoms with Crippen molar-refractivity contribution in [3.8, 4) is 5.75 Å². The second-order valence-corrected chi connectivity index (χ2v) is 4.85. The van der Waals surface area contributed by atoms with Gasteiger partial charge in [0.2, 0.25) is 5.43 Å². The average molecular weight is 298 g/mol. The molecule has 0 bridgehead atoms. The lowest BCUT2D eigenvalue weighted by Gasteiger charge is -2.28. The molecule has 21 heavy (non-hydrogen) atoms. The lowest BCUT2D eigenvalue weighted by Crippen LogP contribution is -2.37. The predicted molar refractivity (Wildman–Crippen MR) is 72.2 cm³/mol. The molecule has 1 unspecified atom stereocenters. The Kier molecular flexibility index (Phi) is 4.94. The van der Waals surface area contributed by atoms with Gasteiger partial charge in [0.15, 0.2) is 11.8 Å². The number of hydrogen-bond acceptors (Lipinski definition) is 6. The lowest BCUT2D eigenvalue weighted by atomic mass is 10.2. The van der Waals surface area contributed by atoms with Crippen molar-refractivity contribution in [1.82, 2.24) is 9.47 Å². The van der Waals surface area contributed by atoms with Crippen molar-refractivity contribution in [3.63, 3.8) is 0 Å². The quantitative estimate of drug-likeness (QED) is 0.639. The molecule has 1 fully saturated rings. The molecule has 1 aliphatic rings. The molecule has 8 nitrogen and oxygen atoms in total. The minimum absolute atomic E-state index is 0.350. The maximum absolute atomic E-state index is 11.6. The second-order valence-electron chi connectivity index (χ2n) is 4.85. The Balaban J connectivity index is 2.35. The average Bonchev–Trinajstić information content (AvgIpc) is 2.45. The van der Waals surface area contributed by atoms with Crippen molar-refractivity contribution in [1.29, 1.82) is 0 Å². The number of aliphatic carboxylic acids is 1. The van der Waals surface area contributed by atoms with Crippen LogP contribution >= 0.6 is 0 Å². The van der Waals surface area contributed by atoms with E-state index < -0.39 is 29.8 Å². The minimum atomic E-state index is -1.24. The smallest absolute Gasteiger partial charge is 0.329 e. The number of morpholine rings is 1. The third-order valence-corrected chi connectivity index (χ3v) is 3.43. The highest BCUT2D eigenvalue weighted by Crippen LogP contribution is 2.16. The second kappa shape index (κ2) is 6.70. The molecule has 2 heterocycles. The fourth-order valence-electron chi connectivity index (χ4n) is 2.27. The van der Waals surface area contributed by atoms with Gasteiger partial charge in [-0.2, -0.15) is 0 Å². The van der Waals surface area contributed by atoms with Gasteiger partial charge in [-0.15, -0.1) is 0 Å². The van der Waals surface area contributed by atoms with Gasteiger partial charge in [0.1, 0.15) is 0 Å². The summed E-state index contributed by atoms with van der Waals surface area (Å²) in [6.07, 6.45) is 1.06. The molecule has 0 amide bonds. The summed E-state index contributed by atoms with van der Waals surface area (Å²) in [6, 6.07) is -0.0383. The van der Waals surface area contributed by atoms with Crippen LogP contribution in [0.25, 0.3) is 0 Å². The summed E-state index contributed by atoms with van der Waals surface area (Å²) in [5.74, 6) is -1.77. The number of hydrogen-bond donors (Lipinski definition) is 3. The molecule has 1 saturated heterocycles. The Labute approximate surface area is 120 Å². The van der Waals surface area contributed by atoms with E-state index in [0.717, 1.165) is 6.20 Å². The van der Waals surface area contributed by atoms with Gasteiger partial charge in [0.25, 0.3) is 0 Å². The van der Waals surface area contributed by atoms with Crippen LogP contribution in [0.1, 0.15) is 11.7 Å². The Morgan fingerprint density at radius 1 is 1.38 bits per heavy atom. The summed E-state index contributed by atoms with van der Waals surface area (Å²) in [5, 5.41) is 27.9. The molecule has 1 aromatic rings. The molecule has 3 N–H and O–H groups in total. The summed E-state index contributed by atoms with van der Waals surface area (Å²) in [7, 11) is 0. The van der Waals surface area contributed by atoms with E-state index in [4.69, 9.17) is 9.84 Å². The molecule has 0 saturated carbocycles. The van der Waals surface area contributed by atoms with E-state index in [9.17, 15) is 19.8 Å². The van der Waals surface area contributed by atoms with Crippen molar-refractivity contribution >= 4 is 5.97 Å². The topological polar surface area (TPSA) is 112 Å². The Hall–Kier alpha value is -1.90. The van der Waals surface area contributed by atoms with E-state index in [1.54, 1.807) is 0 Å². The molecule has 2 rings (SSSR count). The first-order chi connectivity index (χ1) is 10.0. The van der Waals surface area contributed by atoms with Gasteiger partial charge in [-0.1, -0.05) is 0 Å². The summed E-state index contributed by atoms with van der Waals surface area (Å²) >= 11 is 0. The molecule has 1 atom stereocenters. The Bertz CT molecular complexity index is 564. The first-order valence-electron chi connectivity index (χ1n) is 6.60. The van der Waals surface area contributed by atoms with E-state index in [1.807, 2.05) is 4.90 Å². The number of pyridine rings is 1. The minimum Gasteiger partial charge on any atom is -0.503 e. The van der Waals surface area contributed by atoms with Crippen LogP contribution in [-0.4, -0.2) is 63.7 Å².